The maximum Gasteiger partial charge on any atom is 0.251 e. The smallest absolute Gasteiger partial charge is 0.251 e. The molecule has 1 atom stereocenters. The summed E-state index contributed by atoms with van der Waals surface area (Å²) in [6.07, 6.45) is 2.54. The molecule has 118 valence electrons. The molecule has 2 aliphatic rings. The third kappa shape index (κ3) is 2.28. The van der Waals surface area contributed by atoms with E-state index in [4.69, 9.17) is 0 Å². The third-order valence-electron chi connectivity index (χ3n) is 4.47. The number of carbonyl (C=O) groups is 1. The van der Waals surface area contributed by atoms with Crippen LogP contribution in [0.2, 0.25) is 0 Å². The average molecular weight is 421 g/mol. The van der Waals surface area contributed by atoms with Crippen LogP contribution in [0.4, 0.5) is 0 Å². The average Bonchev–Trinajstić information content (AvgIpc) is 3.18. The number of hydrogen-bond acceptors (Lipinski definition) is 4. The normalized spacial score (nSPS) is 22.7. The molecule has 6 heteroatoms. The molecule has 4 rings (SSSR count). The first-order chi connectivity index (χ1) is 11.1. The van der Waals surface area contributed by atoms with E-state index in [0.29, 0.717) is 12.0 Å². The summed E-state index contributed by atoms with van der Waals surface area (Å²) >= 11 is -0.341. The first kappa shape index (κ1) is 14.8. The lowest BCUT2D eigenvalue weighted by Gasteiger charge is -2.24. The molecule has 0 aliphatic carbocycles. The van der Waals surface area contributed by atoms with Crippen LogP contribution in [0.25, 0.3) is 10.8 Å². The van der Waals surface area contributed by atoms with E-state index in [0.717, 1.165) is 28.6 Å². The molecule has 0 bridgehead atoms. The van der Waals surface area contributed by atoms with Crippen molar-refractivity contribution >= 4 is 38.0 Å². The van der Waals surface area contributed by atoms with Crippen molar-refractivity contribution in [3.8, 4) is 0 Å². The first-order valence-electron chi connectivity index (χ1n) is 7.43. The molecular weight excluding hydrogens is 405 g/mol. The molecule has 2 N–H and O–H groups in total. The van der Waals surface area contributed by atoms with E-state index in [1.165, 1.54) is 0 Å². The van der Waals surface area contributed by atoms with E-state index in [-0.39, 0.29) is 27.2 Å². The fourth-order valence-electron chi connectivity index (χ4n) is 3.16. The second-order valence-electron chi connectivity index (χ2n) is 5.74. The highest BCUT2D eigenvalue weighted by Crippen LogP contribution is 2.47. The lowest BCUT2D eigenvalue weighted by Crippen LogP contribution is -2.25. The van der Waals surface area contributed by atoms with Crippen LogP contribution in [0.5, 0.6) is 0 Å². The van der Waals surface area contributed by atoms with Gasteiger partial charge in [-0.1, -0.05) is 18.2 Å². The predicted octanol–water partition coefficient (Wildman–Crippen LogP) is 3.02. The van der Waals surface area contributed by atoms with Gasteiger partial charge >= 0.3 is 0 Å². The highest BCUT2D eigenvalue weighted by Gasteiger charge is 2.44. The Bertz CT molecular complexity index is 877. The molecule has 1 unspecified atom stereocenters. The van der Waals surface area contributed by atoms with Gasteiger partial charge in [0, 0.05) is 25.6 Å². The van der Waals surface area contributed by atoms with Gasteiger partial charge < -0.3 is 13.5 Å². The molecule has 0 spiro atoms. The summed E-state index contributed by atoms with van der Waals surface area (Å²) in [4.78, 5) is 11.7. The van der Waals surface area contributed by atoms with Crippen molar-refractivity contribution in [3.63, 3.8) is 0 Å². The lowest BCUT2D eigenvalue weighted by atomic mass is 9.88. The Hall–Kier alpha value is -1.80. The molecule has 0 saturated carbocycles. The van der Waals surface area contributed by atoms with Crippen LogP contribution in [0.15, 0.2) is 51.4 Å². The fraction of sp³-hybridized carbons (Fsp3) is 0.235. The van der Waals surface area contributed by atoms with Crippen molar-refractivity contribution in [2.75, 3.05) is 13.6 Å². The summed E-state index contributed by atoms with van der Waals surface area (Å²) < 4.78 is 6.58. The quantitative estimate of drug-likeness (QED) is 0.579. The summed E-state index contributed by atoms with van der Waals surface area (Å²) in [6, 6.07) is 11.6. The van der Waals surface area contributed by atoms with E-state index >= 15 is 0 Å². The van der Waals surface area contributed by atoms with Crippen LogP contribution < -0.4 is 5.32 Å². The van der Waals surface area contributed by atoms with Crippen LogP contribution in [-0.2, 0) is 5.60 Å². The molecule has 2 heterocycles. The zero-order valence-corrected chi connectivity index (χ0v) is 14.7. The molecule has 1 fully saturated rings. The number of hydrogen-bond donors (Lipinski definition) is 2. The fourth-order valence-corrected chi connectivity index (χ4v) is 5.06. The minimum absolute atomic E-state index is 0.0947. The Morgan fingerprint density at radius 3 is 2.91 bits per heavy atom. The van der Waals surface area contributed by atoms with E-state index in [2.05, 4.69) is 11.6 Å². The number of halogens is 1. The monoisotopic (exact) mass is 421 g/mol. The second-order valence-corrected chi connectivity index (χ2v) is 7.89. The molecule has 5 nitrogen and oxygen atoms in total. The van der Waals surface area contributed by atoms with Crippen molar-refractivity contribution in [3.05, 3.63) is 59.4 Å². The van der Waals surface area contributed by atoms with Gasteiger partial charge in [-0.05, 0) is 34.5 Å². The zero-order chi connectivity index (χ0) is 16.0. The minimum Gasteiger partial charge on any atom is -0.379 e. The predicted molar refractivity (Wildman–Crippen MR) is 97.1 cm³/mol. The van der Waals surface area contributed by atoms with Gasteiger partial charge in [-0.15, -0.1) is 0 Å². The van der Waals surface area contributed by atoms with E-state index in [9.17, 15) is 9.90 Å². The molecule has 0 radical (unpaired) electrons. The highest BCUT2D eigenvalue weighted by atomic mass is 127. The number of fused-ring (bicyclic) bond motifs is 2. The Balaban J connectivity index is 1.77. The topological polar surface area (TPSA) is 64.9 Å². The van der Waals surface area contributed by atoms with E-state index < -0.39 is 5.60 Å². The van der Waals surface area contributed by atoms with Gasteiger partial charge in [0.2, 0.25) is 0 Å². The summed E-state index contributed by atoms with van der Waals surface area (Å²) in [7, 11) is 1.62. The zero-order valence-electron chi connectivity index (χ0n) is 12.6. The lowest BCUT2D eigenvalue weighted by molar-refractivity contribution is 0.0832. The Labute approximate surface area is 144 Å². The SMILES string of the molecule is CNC(=O)c1ccc2cc(C3(O)CCN4I=NC=C43)ccc2c1. The molecule has 2 aromatic rings. The molecule has 2 aromatic carbocycles. The standard InChI is InChI=1S/C17H16IN3O2/c1-19-16(22)13-3-2-12-9-14(5-4-11(12)8-13)17(23)6-7-21-15(17)10-20-18-21/h2-5,8-10,23H,6-7H2,1H3,(H,19,22). The largest absolute Gasteiger partial charge is 0.379 e. The van der Waals surface area contributed by atoms with Gasteiger partial charge in [-0.3, -0.25) is 4.79 Å². The number of nitrogens with zero attached hydrogens (tertiary/aromatic N) is 2. The van der Waals surface area contributed by atoms with Gasteiger partial charge in [-0.2, -0.15) is 0 Å². The summed E-state index contributed by atoms with van der Waals surface area (Å²) in [5.74, 6) is -0.0947. The Kier molecular flexibility index (Phi) is 3.46. The van der Waals surface area contributed by atoms with Gasteiger partial charge in [-0.25, -0.2) is 3.15 Å². The van der Waals surface area contributed by atoms with Crippen molar-refractivity contribution in [2.45, 2.75) is 12.0 Å². The molecule has 0 aromatic heterocycles. The highest BCUT2D eigenvalue weighted by molar-refractivity contribution is 14.1. The van der Waals surface area contributed by atoms with Gasteiger partial charge in [0.05, 0.1) is 11.9 Å². The maximum atomic E-state index is 11.7. The first-order valence-corrected chi connectivity index (χ1v) is 9.36. The van der Waals surface area contributed by atoms with Crippen LogP contribution >= 0.6 is 21.3 Å². The van der Waals surface area contributed by atoms with Crippen molar-refractivity contribution in [1.29, 1.82) is 0 Å². The van der Waals surface area contributed by atoms with E-state index in [1.807, 2.05) is 42.6 Å². The number of benzene rings is 2. The number of rotatable bonds is 2. The number of carbonyl (C=O) groups excluding carboxylic acids is 1. The molecular formula is C17H16IN3O2. The van der Waals surface area contributed by atoms with Gasteiger partial charge in [0.15, 0.2) is 0 Å². The van der Waals surface area contributed by atoms with Crippen LogP contribution in [0.3, 0.4) is 0 Å². The van der Waals surface area contributed by atoms with Crippen molar-refractivity contribution in [2.24, 2.45) is 3.15 Å². The molecule has 1 saturated heterocycles. The van der Waals surface area contributed by atoms with Crippen LogP contribution in [0, 0.1) is 0 Å². The van der Waals surface area contributed by atoms with Gasteiger partial charge in [0.1, 0.15) is 26.9 Å². The summed E-state index contributed by atoms with van der Waals surface area (Å²) in [6.45, 7) is 0.868. The van der Waals surface area contributed by atoms with Crippen LogP contribution in [0.1, 0.15) is 22.3 Å². The Morgan fingerprint density at radius 2 is 2.09 bits per heavy atom. The van der Waals surface area contributed by atoms with Crippen molar-refractivity contribution in [1.82, 2.24) is 8.43 Å². The Morgan fingerprint density at radius 1 is 1.30 bits per heavy atom. The van der Waals surface area contributed by atoms with Crippen molar-refractivity contribution < 1.29 is 9.90 Å². The molecule has 23 heavy (non-hydrogen) atoms. The minimum atomic E-state index is -0.937. The second kappa shape index (κ2) is 5.38. The number of amides is 1. The summed E-state index contributed by atoms with van der Waals surface area (Å²) in [5.41, 5.74) is 1.53. The third-order valence-corrected chi connectivity index (χ3v) is 6.52. The molecule has 1 amide bonds. The van der Waals surface area contributed by atoms with Crippen LogP contribution in [-0.4, -0.2) is 27.7 Å². The molecule has 2 aliphatic heterocycles. The maximum absolute atomic E-state index is 11.7. The number of nitrogens with one attached hydrogen (secondary N) is 1. The summed E-state index contributed by atoms with van der Waals surface area (Å²) in [5, 5.41) is 15.8. The number of aliphatic hydroxyl groups is 1. The van der Waals surface area contributed by atoms with Gasteiger partial charge in [0.25, 0.3) is 5.91 Å². The van der Waals surface area contributed by atoms with E-state index in [1.54, 1.807) is 7.05 Å².